The molecule has 0 saturated carbocycles. The molecule has 1 rings (SSSR count). The van der Waals surface area contributed by atoms with Gasteiger partial charge in [-0.1, -0.05) is 44.2 Å². The molecule has 2 N–H and O–H groups in total. The van der Waals surface area contributed by atoms with E-state index in [-0.39, 0.29) is 12.4 Å². The lowest BCUT2D eigenvalue weighted by molar-refractivity contribution is 0.104. The Hall–Kier alpha value is -1.65. The van der Waals surface area contributed by atoms with Crippen molar-refractivity contribution in [3.8, 4) is 0 Å². The lowest BCUT2D eigenvalue weighted by Gasteiger charge is -2.18. The number of allylic oxidation sites excluding steroid dienone is 2. The molecule has 0 aliphatic heterocycles. The van der Waals surface area contributed by atoms with Crippen LogP contribution in [0.2, 0.25) is 0 Å². The third-order valence-electron chi connectivity index (χ3n) is 3.87. The van der Waals surface area contributed by atoms with Gasteiger partial charge in [0.2, 0.25) is 0 Å². The molecule has 0 saturated heterocycles. The Balaban J connectivity index is 2.54. The Labute approximate surface area is 140 Å². The number of benzene rings is 1. The summed E-state index contributed by atoms with van der Waals surface area (Å²) < 4.78 is 0. The van der Waals surface area contributed by atoms with E-state index >= 15 is 0 Å². The van der Waals surface area contributed by atoms with Crippen LogP contribution >= 0.6 is 0 Å². The van der Waals surface area contributed by atoms with Crippen molar-refractivity contribution in [2.24, 2.45) is 0 Å². The van der Waals surface area contributed by atoms with E-state index in [0.717, 1.165) is 38.3 Å². The molecule has 0 amide bonds. The van der Waals surface area contributed by atoms with Crippen LogP contribution in [0.3, 0.4) is 0 Å². The summed E-state index contributed by atoms with van der Waals surface area (Å²) >= 11 is 0. The summed E-state index contributed by atoms with van der Waals surface area (Å²) in [6.07, 6.45) is 4.07. The van der Waals surface area contributed by atoms with Gasteiger partial charge in [-0.3, -0.25) is 4.79 Å². The fourth-order valence-corrected chi connectivity index (χ4v) is 2.42. The Morgan fingerprint density at radius 2 is 1.87 bits per heavy atom. The highest BCUT2D eigenvalue weighted by Gasteiger charge is 2.05. The summed E-state index contributed by atoms with van der Waals surface area (Å²) in [5.74, 6) is 0.00906. The quantitative estimate of drug-likeness (QED) is 0.353. The van der Waals surface area contributed by atoms with Crippen molar-refractivity contribution in [1.29, 1.82) is 0 Å². The number of hydrogen-bond acceptors (Lipinski definition) is 4. The number of ketones is 1. The number of nitrogens with zero attached hydrogens (tertiary/aromatic N) is 1. The minimum Gasteiger partial charge on any atom is -0.396 e. The van der Waals surface area contributed by atoms with Crippen LogP contribution in [0.5, 0.6) is 0 Å². The lowest BCUT2D eigenvalue weighted by atomic mass is 10.1. The Bertz CT molecular complexity index is 468. The van der Waals surface area contributed by atoms with Crippen molar-refractivity contribution < 1.29 is 9.90 Å². The Morgan fingerprint density at radius 1 is 1.17 bits per heavy atom. The molecule has 0 atom stereocenters. The number of carbonyl (C=O) groups is 1. The minimum absolute atomic E-state index is 0.00906. The maximum Gasteiger partial charge on any atom is 0.187 e. The molecule has 0 radical (unpaired) electrons. The SMILES string of the molecule is CCN(CC)CCCN/C(=C/C(=O)c1ccccc1)CCCO. The molecular weight excluding hydrogens is 288 g/mol. The van der Waals surface area contributed by atoms with E-state index in [4.69, 9.17) is 5.11 Å². The van der Waals surface area contributed by atoms with Gasteiger partial charge in [-0.15, -0.1) is 0 Å². The third-order valence-corrected chi connectivity index (χ3v) is 3.87. The van der Waals surface area contributed by atoms with E-state index in [9.17, 15) is 4.79 Å². The highest BCUT2D eigenvalue weighted by Crippen LogP contribution is 2.07. The molecule has 0 aliphatic rings. The minimum atomic E-state index is 0.00906. The molecule has 0 bridgehead atoms. The van der Waals surface area contributed by atoms with Gasteiger partial charge in [0.1, 0.15) is 0 Å². The summed E-state index contributed by atoms with van der Waals surface area (Å²) in [6.45, 7) is 8.50. The van der Waals surface area contributed by atoms with Gasteiger partial charge in [-0.2, -0.15) is 0 Å². The molecular formula is C19H30N2O2. The maximum absolute atomic E-state index is 12.3. The summed E-state index contributed by atoms with van der Waals surface area (Å²) in [7, 11) is 0. The van der Waals surface area contributed by atoms with Crippen LogP contribution < -0.4 is 5.32 Å². The van der Waals surface area contributed by atoms with Crippen LogP contribution in [-0.2, 0) is 0 Å². The van der Waals surface area contributed by atoms with Crippen LogP contribution in [-0.4, -0.2) is 48.6 Å². The fraction of sp³-hybridized carbons (Fsp3) is 0.526. The molecule has 0 heterocycles. The summed E-state index contributed by atoms with van der Waals surface area (Å²) in [6, 6.07) is 9.28. The van der Waals surface area contributed by atoms with Crippen molar-refractivity contribution in [2.75, 3.05) is 32.8 Å². The number of hydrogen-bond donors (Lipinski definition) is 2. The Kier molecular flexibility index (Phi) is 10.00. The lowest BCUT2D eigenvalue weighted by Crippen LogP contribution is -2.27. The topological polar surface area (TPSA) is 52.6 Å². The highest BCUT2D eigenvalue weighted by molar-refractivity contribution is 6.04. The van der Waals surface area contributed by atoms with Gasteiger partial charge in [0.25, 0.3) is 0 Å². The van der Waals surface area contributed by atoms with E-state index in [2.05, 4.69) is 24.1 Å². The first-order chi connectivity index (χ1) is 11.2. The second-order valence-electron chi connectivity index (χ2n) is 5.53. The van der Waals surface area contributed by atoms with Crippen molar-refractivity contribution in [2.45, 2.75) is 33.1 Å². The maximum atomic E-state index is 12.3. The van der Waals surface area contributed by atoms with E-state index < -0.39 is 0 Å². The molecule has 0 unspecified atom stereocenters. The molecule has 0 fully saturated rings. The normalized spacial score (nSPS) is 11.7. The van der Waals surface area contributed by atoms with Crippen molar-refractivity contribution in [3.63, 3.8) is 0 Å². The van der Waals surface area contributed by atoms with E-state index in [1.54, 1.807) is 6.08 Å². The van der Waals surface area contributed by atoms with Crippen LogP contribution in [0.4, 0.5) is 0 Å². The van der Waals surface area contributed by atoms with Crippen molar-refractivity contribution in [1.82, 2.24) is 10.2 Å². The zero-order chi connectivity index (χ0) is 16.9. The van der Waals surface area contributed by atoms with E-state index in [1.807, 2.05) is 30.3 Å². The monoisotopic (exact) mass is 318 g/mol. The average Bonchev–Trinajstić information content (AvgIpc) is 2.60. The van der Waals surface area contributed by atoms with Gasteiger partial charge in [-0.05, 0) is 38.9 Å². The number of rotatable bonds is 12. The van der Waals surface area contributed by atoms with Crippen LogP contribution in [0, 0.1) is 0 Å². The van der Waals surface area contributed by atoms with Crippen molar-refractivity contribution in [3.05, 3.63) is 47.7 Å². The first-order valence-corrected chi connectivity index (χ1v) is 8.58. The molecule has 23 heavy (non-hydrogen) atoms. The van der Waals surface area contributed by atoms with E-state index in [1.165, 1.54) is 0 Å². The predicted molar refractivity (Wildman–Crippen MR) is 95.6 cm³/mol. The average molecular weight is 318 g/mol. The van der Waals surface area contributed by atoms with Crippen LogP contribution in [0.1, 0.15) is 43.5 Å². The number of nitrogens with one attached hydrogen (secondary N) is 1. The molecule has 128 valence electrons. The number of aliphatic hydroxyl groups excluding tert-OH is 1. The third kappa shape index (κ3) is 7.95. The van der Waals surface area contributed by atoms with Gasteiger partial charge >= 0.3 is 0 Å². The summed E-state index contributed by atoms with van der Waals surface area (Å²) in [4.78, 5) is 14.6. The van der Waals surface area contributed by atoms with Gasteiger partial charge in [0.05, 0.1) is 0 Å². The summed E-state index contributed by atoms with van der Waals surface area (Å²) in [5.41, 5.74) is 1.60. The van der Waals surface area contributed by atoms with E-state index in [0.29, 0.717) is 18.4 Å². The first kappa shape index (κ1) is 19.4. The zero-order valence-corrected chi connectivity index (χ0v) is 14.4. The largest absolute Gasteiger partial charge is 0.396 e. The number of carbonyl (C=O) groups excluding carboxylic acids is 1. The smallest absolute Gasteiger partial charge is 0.187 e. The second kappa shape index (κ2) is 11.9. The van der Waals surface area contributed by atoms with Gasteiger partial charge < -0.3 is 15.3 Å². The molecule has 4 nitrogen and oxygen atoms in total. The van der Waals surface area contributed by atoms with Gasteiger partial charge in [-0.25, -0.2) is 0 Å². The van der Waals surface area contributed by atoms with Gasteiger partial charge in [0.15, 0.2) is 5.78 Å². The second-order valence-corrected chi connectivity index (χ2v) is 5.53. The van der Waals surface area contributed by atoms with Crippen LogP contribution in [0.25, 0.3) is 0 Å². The molecule has 1 aromatic rings. The van der Waals surface area contributed by atoms with Gasteiger partial charge in [0, 0.05) is 30.5 Å². The summed E-state index contributed by atoms with van der Waals surface area (Å²) in [5, 5.41) is 12.4. The standard InChI is InChI=1S/C19H30N2O2/c1-3-21(4-2)14-9-13-20-18(12-8-15-22)16-19(23)17-10-6-5-7-11-17/h5-7,10-11,16,20,22H,3-4,8-9,12-15H2,1-2H3/b18-16+. The fourth-order valence-electron chi connectivity index (χ4n) is 2.42. The highest BCUT2D eigenvalue weighted by atomic mass is 16.2. The van der Waals surface area contributed by atoms with Crippen molar-refractivity contribution >= 4 is 5.78 Å². The zero-order valence-electron chi connectivity index (χ0n) is 14.4. The van der Waals surface area contributed by atoms with Crippen LogP contribution in [0.15, 0.2) is 42.1 Å². The first-order valence-electron chi connectivity index (χ1n) is 8.58. The number of aliphatic hydroxyl groups is 1. The molecule has 4 heteroatoms. The molecule has 1 aromatic carbocycles. The molecule has 0 aliphatic carbocycles. The predicted octanol–water partition coefficient (Wildman–Crippen LogP) is 2.85. The molecule has 0 spiro atoms. The molecule has 0 aromatic heterocycles. The Morgan fingerprint density at radius 3 is 2.48 bits per heavy atom.